The topological polar surface area (TPSA) is 177 Å². The number of sulfonamides is 1. The standard InChI is InChI=1S/C51H65ClN8O6S/c1-7-67(63,64)58-36-12-14-43(40(24-36)41-29-59(6)46(62)44-39(41)15-18-54-44)65-37-10-8-9-31(23-37)34-21-33(22-34)30-16-19-60(20-17-30)49-55-27-35(28-56-49)45(61)57-47-50(2,3)48(51(47,4)5)66-38-13-11-32(26-53)42(52)25-38/h8-14,23-25,29-30,33-35,39,44,47-49,54-56,58H,7,15-22,27-28H2,1-6H3,(H,57,61). The van der Waals surface area contributed by atoms with Gasteiger partial charge in [0, 0.05) is 79.5 Å². The maximum absolute atomic E-state index is 13.7. The van der Waals surface area contributed by atoms with Gasteiger partial charge in [-0.1, -0.05) is 51.4 Å². The number of ether oxygens (including phenoxy) is 2. The SMILES string of the molecule is CCS(=O)(=O)Nc1ccc(Oc2cccc(C3CC(C4CCN(C5NCC(C(=O)NC6C(C)(C)C(Oc7ccc(C#N)c(Cl)c7)C6(C)C)CN5)CC4)C3)c2)c(C2=CN(C)C(=O)C3NCCC23)c1. The van der Waals surface area contributed by atoms with Crippen LogP contribution in [0.1, 0.15) is 89.3 Å². The number of likely N-dealkylation sites (N-methyl/N-ethyl adjacent to an activating group) is 1. The minimum atomic E-state index is -3.50. The highest BCUT2D eigenvalue weighted by Gasteiger charge is 2.64. The second-order valence-corrected chi connectivity index (χ2v) is 23.2. The Bertz CT molecular complexity index is 2540. The quantitative estimate of drug-likeness (QED) is 0.121. The lowest BCUT2D eigenvalue weighted by Gasteiger charge is -2.63. The second-order valence-electron chi connectivity index (χ2n) is 20.8. The van der Waals surface area contributed by atoms with E-state index in [2.05, 4.69) is 82.9 Å². The molecule has 14 nitrogen and oxygen atoms in total. The zero-order valence-corrected chi connectivity index (χ0v) is 41.0. The largest absolute Gasteiger partial charge is 0.489 e. The van der Waals surface area contributed by atoms with Gasteiger partial charge in [-0.2, -0.15) is 5.26 Å². The third-order valence-corrected chi connectivity index (χ3v) is 17.4. The van der Waals surface area contributed by atoms with Crippen molar-refractivity contribution in [3.63, 3.8) is 0 Å². The van der Waals surface area contributed by atoms with Gasteiger partial charge < -0.3 is 25.0 Å². The first-order chi connectivity index (χ1) is 31.9. The van der Waals surface area contributed by atoms with Crippen LogP contribution in [0.5, 0.6) is 17.2 Å². The summed E-state index contributed by atoms with van der Waals surface area (Å²) >= 11 is 6.28. The molecule has 2 unspecified atom stereocenters. The lowest BCUT2D eigenvalue weighted by Crippen LogP contribution is -2.75. The minimum absolute atomic E-state index is 0.0262. The van der Waals surface area contributed by atoms with Crippen LogP contribution in [0.3, 0.4) is 0 Å². The van der Waals surface area contributed by atoms with Crippen LogP contribution < -0.4 is 35.5 Å². The third kappa shape index (κ3) is 9.42. The molecule has 5 N–H and O–H groups in total. The van der Waals surface area contributed by atoms with E-state index in [0.717, 1.165) is 68.6 Å². The number of fused-ring (bicyclic) bond motifs is 1. The molecule has 3 saturated heterocycles. The first kappa shape index (κ1) is 47.4. The number of hydrogen-bond acceptors (Lipinski definition) is 11. The molecule has 6 aliphatic rings. The van der Waals surface area contributed by atoms with E-state index in [-0.39, 0.29) is 64.7 Å². The van der Waals surface area contributed by atoms with Crippen molar-refractivity contribution in [2.45, 2.75) is 97.1 Å². The molecule has 358 valence electrons. The summed E-state index contributed by atoms with van der Waals surface area (Å²) in [5, 5.41) is 23.6. The molecule has 0 aromatic heterocycles. The number of benzene rings is 3. The van der Waals surface area contributed by atoms with E-state index in [1.165, 1.54) is 5.56 Å². The molecule has 0 bridgehead atoms. The van der Waals surface area contributed by atoms with E-state index in [0.29, 0.717) is 58.6 Å². The second kappa shape index (κ2) is 18.7. The molecule has 9 rings (SSSR count). The zero-order valence-electron chi connectivity index (χ0n) is 39.4. The number of hydrogen-bond donors (Lipinski definition) is 5. The number of likely N-dealkylation sites (tertiary alicyclic amines) is 1. The first-order valence-corrected chi connectivity index (χ1v) is 26.0. The molecule has 4 aliphatic heterocycles. The summed E-state index contributed by atoms with van der Waals surface area (Å²) in [7, 11) is -1.74. The zero-order chi connectivity index (χ0) is 47.4. The summed E-state index contributed by atoms with van der Waals surface area (Å²) in [6.45, 7) is 14.1. The molecule has 0 radical (unpaired) electrons. The van der Waals surface area contributed by atoms with E-state index in [1.807, 2.05) is 24.4 Å². The van der Waals surface area contributed by atoms with Gasteiger partial charge in [-0.05, 0) is 117 Å². The van der Waals surface area contributed by atoms with Gasteiger partial charge in [0.05, 0.1) is 28.3 Å². The molecule has 2 aliphatic carbocycles. The Labute approximate surface area is 400 Å². The Kier molecular flexibility index (Phi) is 13.2. The van der Waals surface area contributed by atoms with Gasteiger partial charge in [-0.25, -0.2) is 8.42 Å². The van der Waals surface area contributed by atoms with E-state index in [4.69, 9.17) is 21.1 Å². The highest BCUT2D eigenvalue weighted by molar-refractivity contribution is 7.92. The van der Waals surface area contributed by atoms with Crippen LogP contribution in [0, 0.1) is 45.8 Å². The molecular weight excluding hydrogens is 888 g/mol. The van der Waals surface area contributed by atoms with Crippen molar-refractivity contribution < 1.29 is 27.5 Å². The molecule has 2 saturated carbocycles. The number of anilines is 1. The van der Waals surface area contributed by atoms with Crippen LogP contribution in [-0.2, 0) is 19.6 Å². The average Bonchev–Trinajstić information content (AvgIpc) is 3.80. The number of carbonyl (C=O) groups excluding carboxylic acids is 2. The van der Waals surface area contributed by atoms with Crippen molar-refractivity contribution in [1.29, 1.82) is 5.26 Å². The lowest BCUT2D eigenvalue weighted by atomic mass is 9.49. The van der Waals surface area contributed by atoms with Crippen LogP contribution in [0.2, 0.25) is 5.02 Å². The molecular formula is C51H65ClN8O6S. The number of nitriles is 1. The van der Waals surface area contributed by atoms with Gasteiger partial charge in [-0.3, -0.25) is 29.8 Å². The summed E-state index contributed by atoms with van der Waals surface area (Å²) in [5.41, 5.74) is 3.20. The van der Waals surface area contributed by atoms with Gasteiger partial charge in [0.15, 0.2) is 0 Å². The lowest BCUT2D eigenvalue weighted by molar-refractivity contribution is -0.174. The fourth-order valence-electron chi connectivity index (χ4n) is 12.2. The monoisotopic (exact) mass is 952 g/mol. The Morgan fingerprint density at radius 2 is 1.67 bits per heavy atom. The van der Waals surface area contributed by atoms with E-state index in [9.17, 15) is 23.3 Å². The summed E-state index contributed by atoms with van der Waals surface area (Å²) in [4.78, 5) is 30.8. The van der Waals surface area contributed by atoms with Crippen molar-refractivity contribution in [3.8, 4) is 23.3 Å². The van der Waals surface area contributed by atoms with Gasteiger partial charge in [0.2, 0.25) is 21.8 Å². The third-order valence-electron chi connectivity index (χ3n) is 15.8. The summed E-state index contributed by atoms with van der Waals surface area (Å²) in [6.07, 6.45) is 7.15. The number of piperidine rings is 1. The number of nitrogens with one attached hydrogen (secondary N) is 5. The fraction of sp³-hybridized carbons (Fsp3) is 0.549. The summed E-state index contributed by atoms with van der Waals surface area (Å²) < 4.78 is 40.9. The molecule has 4 heterocycles. The van der Waals surface area contributed by atoms with E-state index < -0.39 is 10.0 Å². The van der Waals surface area contributed by atoms with Crippen molar-refractivity contribution in [2.75, 3.05) is 50.2 Å². The Balaban J connectivity index is 0.753. The van der Waals surface area contributed by atoms with Crippen molar-refractivity contribution in [1.82, 2.24) is 31.1 Å². The predicted molar refractivity (Wildman–Crippen MR) is 260 cm³/mol. The maximum atomic E-state index is 13.7. The van der Waals surface area contributed by atoms with Gasteiger partial charge in [0.25, 0.3) is 0 Å². The molecule has 5 fully saturated rings. The van der Waals surface area contributed by atoms with E-state index in [1.54, 1.807) is 43.1 Å². The number of rotatable bonds is 13. The van der Waals surface area contributed by atoms with Crippen LogP contribution >= 0.6 is 11.6 Å². The molecule has 2 atom stereocenters. The van der Waals surface area contributed by atoms with Crippen molar-refractivity contribution >= 4 is 44.7 Å². The van der Waals surface area contributed by atoms with Gasteiger partial charge in [-0.15, -0.1) is 0 Å². The van der Waals surface area contributed by atoms with Crippen LogP contribution in [0.15, 0.2) is 66.9 Å². The number of amides is 2. The van der Waals surface area contributed by atoms with Crippen LogP contribution in [0.25, 0.3) is 5.57 Å². The highest BCUT2D eigenvalue weighted by atomic mass is 35.5. The highest BCUT2D eigenvalue weighted by Crippen LogP contribution is 2.56. The Hall–Kier alpha value is -4.69. The van der Waals surface area contributed by atoms with Gasteiger partial charge >= 0.3 is 0 Å². The minimum Gasteiger partial charge on any atom is -0.489 e. The number of halogens is 1. The van der Waals surface area contributed by atoms with E-state index >= 15 is 0 Å². The molecule has 67 heavy (non-hydrogen) atoms. The average molecular weight is 954 g/mol. The maximum Gasteiger partial charge on any atom is 0.244 e. The Morgan fingerprint density at radius 1 is 0.940 bits per heavy atom. The summed E-state index contributed by atoms with van der Waals surface area (Å²) in [5.74, 6) is 3.57. The number of carbonyl (C=O) groups is 2. The van der Waals surface area contributed by atoms with Crippen molar-refractivity contribution in [2.24, 2.45) is 34.5 Å². The smallest absolute Gasteiger partial charge is 0.244 e. The molecule has 2 amide bonds. The molecule has 3 aromatic carbocycles. The molecule has 3 aromatic rings. The van der Waals surface area contributed by atoms with Gasteiger partial charge in [0.1, 0.15) is 35.7 Å². The Morgan fingerprint density at radius 3 is 2.36 bits per heavy atom. The molecule has 0 spiro atoms. The molecule has 16 heteroatoms. The summed E-state index contributed by atoms with van der Waals surface area (Å²) in [6, 6.07) is 20.6. The first-order valence-electron chi connectivity index (χ1n) is 24.0. The predicted octanol–water partition coefficient (Wildman–Crippen LogP) is 6.85. The van der Waals surface area contributed by atoms with Crippen molar-refractivity contribution in [3.05, 3.63) is 88.6 Å². The van der Waals surface area contributed by atoms with Crippen LogP contribution in [0.4, 0.5) is 5.69 Å². The normalized spacial score (nSPS) is 29.4. The number of nitrogens with zero attached hydrogens (tertiary/aromatic N) is 3. The van der Waals surface area contributed by atoms with Crippen LogP contribution in [-0.4, -0.2) is 100 Å². The fourth-order valence-corrected chi connectivity index (χ4v) is 13.0.